The highest BCUT2D eigenvalue weighted by Crippen LogP contribution is 2.31. The Hall–Kier alpha value is -2.33. The van der Waals surface area contributed by atoms with Crippen LogP contribution >= 0.6 is 0 Å². The number of anilines is 2. The minimum absolute atomic E-state index is 0.0765. The lowest BCUT2D eigenvalue weighted by atomic mass is 10.2. The molecule has 0 radical (unpaired) electrons. The van der Waals surface area contributed by atoms with Crippen molar-refractivity contribution in [1.29, 1.82) is 0 Å². The lowest BCUT2D eigenvalue weighted by Crippen LogP contribution is -2.48. The first kappa shape index (κ1) is 12.7. The van der Waals surface area contributed by atoms with E-state index < -0.39 is 5.66 Å². The van der Waals surface area contributed by atoms with Crippen LogP contribution in [0.15, 0.2) is 60.7 Å². The van der Waals surface area contributed by atoms with Crippen molar-refractivity contribution in [3.8, 4) is 0 Å². The summed E-state index contributed by atoms with van der Waals surface area (Å²) in [6.45, 7) is 3.97. The third-order valence-corrected chi connectivity index (χ3v) is 3.36. The molecule has 1 N–H and O–H groups in total. The molecule has 1 fully saturated rings. The molecule has 0 bridgehead atoms. The number of hydrazine groups is 1. The molecular formula is C16H17N3O. The van der Waals surface area contributed by atoms with Gasteiger partial charge in [0.2, 0.25) is 0 Å². The molecule has 1 aliphatic rings. The first-order valence-corrected chi connectivity index (χ1v) is 6.62. The quantitative estimate of drug-likeness (QED) is 0.905. The normalized spacial score (nSPS) is 17.6. The fraction of sp³-hybridized carbons (Fsp3) is 0.188. The molecule has 0 aliphatic carbocycles. The van der Waals surface area contributed by atoms with Crippen molar-refractivity contribution in [3.05, 3.63) is 60.7 Å². The van der Waals surface area contributed by atoms with Gasteiger partial charge in [-0.25, -0.2) is 15.2 Å². The van der Waals surface area contributed by atoms with Gasteiger partial charge in [-0.05, 0) is 38.1 Å². The number of carbonyl (C=O) groups excluding carboxylic acids is 1. The second-order valence-corrected chi connectivity index (χ2v) is 5.30. The van der Waals surface area contributed by atoms with Crippen LogP contribution in [0, 0.1) is 0 Å². The van der Waals surface area contributed by atoms with Crippen LogP contribution in [-0.2, 0) is 0 Å². The summed E-state index contributed by atoms with van der Waals surface area (Å²) < 4.78 is 0. The summed E-state index contributed by atoms with van der Waals surface area (Å²) in [7, 11) is 0. The van der Waals surface area contributed by atoms with E-state index in [9.17, 15) is 4.79 Å². The number of carbonyl (C=O) groups is 1. The molecule has 0 spiro atoms. The van der Waals surface area contributed by atoms with Crippen LogP contribution in [0.2, 0.25) is 0 Å². The molecule has 0 aromatic heterocycles. The number of benzene rings is 2. The van der Waals surface area contributed by atoms with E-state index in [2.05, 4.69) is 5.43 Å². The third kappa shape index (κ3) is 2.04. The first-order valence-electron chi connectivity index (χ1n) is 6.62. The minimum Gasteiger partial charge on any atom is -0.273 e. The molecule has 1 aliphatic heterocycles. The molecule has 102 valence electrons. The van der Waals surface area contributed by atoms with Crippen LogP contribution in [0.1, 0.15) is 13.8 Å². The van der Waals surface area contributed by atoms with Gasteiger partial charge >= 0.3 is 6.03 Å². The maximum absolute atomic E-state index is 12.7. The fourth-order valence-corrected chi connectivity index (χ4v) is 2.47. The zero-order valence-corrected chi connectivity index (χ0v) is 11.6. The van der Waals surface area contributed by atoms with Crippen LogP contribution in [0.25, 0.3) is 0 Å². The summed E-state index contributed by atoms with van der Waals surface area (Å²) in [6, 6.07) is 19.2. The van der Waals surface area contributed by atoms with E-state index in [1.54, 1.807) is 9.91 Å². The van der Waals surface area contributed by atoms with Gasteiger partial charge in [0.15, 0.2) is 0 Å². The van der Waals surface area contributed by atoms with Crippen molar-refractivity contribution in [1.82, 2.24) is 5.43 Å². The number of rotatable bonds is 2. The zero-order chi connectivity index (χ0) is 14.2. The van der Waals surface area contributed by atoms with Crippen molar-refractivity contribution < 1.29 is 4.79 Å². The maximum atomic E-state index is 12.7. The maximum Gasteiger partial charge on any atom is 0.345 e. The first-order chi connectivity index (χ1) is 9.59. The number of amides is 2. The standard InChI is InChI=1S/C16H17N3O/c1-16(2)17-19(14-11-7-4-8-12-14)15(20)18(16)13-9-5-3-6-10-13/h3-12,17H,1-2H3. The van der Waals surface area contributed by atoms with Gasteiger partial charge in [-0.15, -0.1) is 0 Å². The van der Waals surface area contributed by atoms with Crippen LogP contribution in [0.4, 0.5) is 16.2 Å². The second kappa shape index (κ2) is 4.65. The molecule has 0 unspecified atom stereocenters. The molecule has 1 heterocycles. The Labute approximate surface area is 118 Å². The smallest absolute Gasteiger partial charge is 0.273 e. The van der Waals surface area contributed by atoms with Gasteiger partial charge in [0.25, 0.3) is 0 Å². The van der Waals surface area contributed by atoms with E-state index in [0.717, 1.165) is 11.4 Å². The largest absolute Gasteiger partial charge is 0.345 e. The van der Waals surface area contributed by atoms with Gasteiger partial charge in [-0.3, -0.25) is 4.90 Å². The Bertz CT molecular complexity index is 610. The van der Waals surface area contributed by atoms with Gasteiger partial charge < -0.3 is 0 Å². The van der Waals surface area contributed by atoms with Crippen molar-refractivity contribution in [2.75, 3.05) is 9.91 Å². The Morgan fingerprint density at radius 2 is 1.35 bits per heavy atom. The predicted molar refractivity (Wildman–Crippen MR) is 80.5 cm³/mol. The summed E-state index contributed by atoms with van der Waals surface area (Å²) >= 11 is 0. The number of hydrogen-bond acceptors (Lipinski definition) is 2. The number of para-hydroxylation sites is 2. The molecule has 4 heteroatoms. The van der Waals surface area contributed by atoms with Gasteiger partial charge in [-0.2, -0.15) is 0 Å². The molecule has 0 saturated carbocycles. The summed E-state index contributed by atoms with van der Waals surface area (Å²) in [5.74, 6) is 0. The van der Waals surface area contributed by atoms with Gasteiger partial charge in [0, 0.05) is 5.69 Å². The minimum atomic E-state index is -0.478. The van der Waals surface area contributed by atoms with E-state index in [1.165, 1.54) is 0 Å². The molecule has 3 rings (SSSR count). The summed E-state index contributed by atoms with van der Waals surface area (Å²) in [4.78, 5) is 14.5. The monoisotopic (exact) mass is 267 g/mol. The molecule has 4 nitrogen and oxygen atoms in total. The Balaban J connectivity index is 1.99. The zero-order valence-electron chi connectivity index (χ0n) is 11.6. The van der Waals surface area contributed by atoms with Gasteiger partial charge in [0.1, 0.15) is 5.66 Å². The van der Waals surface area contributed by atoms with E-state index >= 15 is 0 Å². The highest BCUT2D eigenvalue weighted by molar-refractivity contribution is 6.06. The van der Waals surface area contributed by atoms with Crippen molar-refractivity contribution >= 4 is 17.4 Å². The summed E-state index contributed by atoms with van der Waals surface area (Å²) in [5, 5.41) is 1.59. The molecule has 2 amide bonds. The fourth-order valence-electron chi connectivity index (χ4n) is 2.47. The molecule has 1 saturated heterocycles. The Morgan fingerprint density at radius 1 is 0.850 bits per heavy atom. The number of urea groups is 1. The second-order valence-electron chi connectivity index (χ2n) is 5.30. The van der Waals surface area contributed by atoms with Crippen LogP contribution in [0.5, 0.6) is 0 Å². The summed E-state index contributed by atoms with van der Waals surface area (Å²) in [5.41, 5.74) is 4.50. The number of nitrogens with one attached hydrogen (secondary N) is 1. The van der Waals surface area contributed by atoms with E-state index in [4.69, 9.17) is 0 Å². The molecular weight excluding hydrogens is 250 g/mol. The Morgan fingerprint density at radius 3 is 1.90 bits per heavy atom. The van der Waals surface area contributed by atoms with E-state index in [-0.39, 0.29) is 6.03 Å². The van der Waals surface area contributed by atoms with Gasteiger partial charge in [-0.1, -0.05) is 36.4 Å². The van der Waals surface area contributed by atoms with Crippen LogP contribution in [-0.4, -0.2) is 11.7 Å². The summed E-state index contributed by atoms with van der Waals surface area (Å²) in [6.07, 6.45) is 0. The van der Waals surface area contributed by atoms with Crippen LogP contribution in [0.3, 0.4) is 0 Å². The number of hydrogen-bond donors (Lipinski definition) is 1. The molecule has 2 aromatic carbocycles. The lowest BCUT2D eigenvalue weighted by Gasteiger charge is -2.29. The number of nitrogens with zero attached hydrogens (tertiary/aromatic N) is 2. The van der Waals surface area contributed by atoms with Crippen LogP contribution < -0.4 is 15.3 Å². The Kier molecular flexibility index (Phi) is 2.95. The van der Waals surface area contributed by atoms with Crippen molar-refractivity contribution in [2.24, 2.45) is 0 Å². The average Bonchev–Trinajstić information content (AvgIpc) is 2.71. The highest BCUT2D eigenvalue weighted by atomic mass is 16.2. The van der Waals surface area contributed by atoms with Crippen molar-refractivity contribution in [2.45, 2.75) is 19.5 Å². The predicted octanol–water partition coefficient (Wildman–Crippen LogP) is 3.37. The lowest BCUT2D eigenvalue weighted by molar-refractivity contribution is 0.254. The van der Waals surface area contributed by atoms with E-state index in [0.29, 0.717) is 0 Å². The highest BCUT2D eigenvalue weighted by Gasteiger charge is 2.44. The van der Waals surface area contributed by atoms with Crippen molar-refractivity contribution in [3.63, 3.8) is 0 Å². The SMILES string of the molecule is CC1(C)NN(c2ccccc2)C(=O)N1c1ccccc1. The van der Waals surface area contributed by atoms with Gasteiger partial charge in [0.05, 0.1) is 5.69 Å². The van der Waals surface area contributed by atoms with E-state index in [1.807, 2.05) is 74.5 Å². The molecule has 0 atom stereocenters. The third-order valence-electron chi connectivity index (χ3n) is 3.36. The molecule has 2 aromatic rings. The average molecular weight is 267 g/mol. The topological polar surface area (TPSA) is 35.6 Å². The molecule has 20 heavy (non-hydrogen) atoms.